The van der Waals surface area contributed by atoms with E-state index in [1.165, 1.54) is 12.8 Å². The Morgan fingerprint density at radius 2 is 2.04 bits per heavy atom. The number of carbonyl (C=O) groups excluding carboxylic acids is 1. The molecule has 2 aliphatic heterocycles. The molecule has 2 aliphatic rings. The van der Waals surface area contributed by atoms with Gasteiger partial charge >= 0.3 is 0 Å². The lowest BCUT2D eigenvalue weighted by atomic mass is 10.1. The Labute approximate surface area is 163 Å². The molecule has 1 N–H and O–H groups in total. The lowest BCUT2D eigenvalue weighted by molar-refractivity contribution is -0.0247. The van der Waals surface area contributed by atoms with Gasteiger partial charge in [0.15, 0.2) is 0 Å². The quantitative estimate of drug-likeness (QED) is 0.760. The van der Waals surface area contributed by atoms with Crippen molar-refractivity contribution < 1.29 is 9.53 Å². The molecular weight excluding hydrogens is 354 g/mol. The van der Waals surface area contributed by atoms with Crippen molar-refractivity contribution in [3.05, 3.63) is 54.0 Å². The zero-order chi connectivity index (χ0) is 18.9. The molecule has 0 spiro atoms. The fourth-order valence-electron chi connectivity index (χ4n) is 3.99. The van der Waals surface area contributed by atoms with Crippen molar-refractivity contribution in [3.63, 3.8) is 0 Å². The summed E-state index contributed by atoms with van der Waals surface area (Å²) < 4.78 is 5.95. The molecule has 144 valence electrons. The first-order valence-electron chi connectivity index (χ1n) is 9.84. The van der Waals surface area contributed by atoms with Crippen molar-refractivity contribution in [1.29, 1.82) is 0 Å². The van der Waals surface area contributed by atoms with E-state index < -0.39 is 0 Å². The zero-order valence-corrected chi connectivity index (χ0v) is 15.7. The molecule has 0 unspecified atom stereocenters. The second-order valence-electron chi connectivity index (χ2n) is 7.37. The molecule has 3 aromatic rings. The van der Waals surface area contributed by atoms with Gasteiger partial charge in [-0.05, 0) is 42.5 Å². The molecule has 7 nitrogen and oxygen atoms in total. The van der Waals surface area contributed by atoms with Crippen LogP contribution in [0.5, 0.6) is 0 Å². The number of benzene rings is 1. The highest BCUT2D eigenvalue weighted by molar-refractivity contribution is 5.98. The number of hydrogen-bond acceptors (Lipinski definition) is 5. The summed E-state index contributed by atoms with van der Waals surface area (Å²) in [5, 5.41) is 1.10. The van der Waals surface area contributed by atoms with Crippen LogP contribution in [0.1, 0.15) is 35.0 Å². The molecular formula is C21H23N5O2. The standard InChI is InChI=1S/C21H23N5O2/c27-20(16-4-3-15-5-7-22-18(15)13-16)26-11-12-28-19(14-26)17-6-8-23-21(24-17)25-9-1-2-10-25/h3-8,13,19,22H,1-2,9-12,14H2/t19-/m1/s1. The maximum Gasteiger partial charge on any atom is 0.254 e. The Morgan fingerprint density at radius 1 is 1.14 bits per heavy atom. The molecule has 0 bridgehead atoms. The summed E-state index contributed by atoms with van der Waals surface area (Å²) in [6.07, 6.45) is 5.81. The van der Waals surface area contributed by atoms with Gasteiger partial charge in [0.2, 0.25) is 5.95 Å². The highest BCUT2D eigenvalue weighted by Crippen LogP contribution is 2.25. The molecule has 1 atom stereocenters. The van der Waals surface area contributed by atoms with Crippen LogP contribution < -0.4 is 4.90 Å². The third kappa shape index (κ3) is 3.22. The SMILES string of the molecule is O=C(c1ccc2cc[nH]c2c1)N1CCO[C@@H](c2ccnc(N3CCCC3)n2)C1. The fourth-order valence-corrected chi connectivity index (χ4v) is 3.99. The van der Waals surface area contributed by atoms with Crippen LogP contribution in [0.4, 0.5) is 5.95 Å². The number of H-pyrrole nitrogens is 1. The Kier molecular flexibility index (Phi) is 4.44. The van der Waals surface area contributed by atoms with Crippen LogP contribution in [0.25, 0.3) is 10.9 Å². The lowest BCUT2D eigenvalue weighted by Crippen LogP contribution is -2.42. The van der Waals surface area contributed by atoms with Gasteiger partial charge in [-0.3, -0.25) is 4.79 Å². The number of carbonyl (C=O) groups is 1. The van der Waals surface area contributed by atoms with E-state index in [0.717, 1.165) is 35.6 Å². The molecule has 2 saturated heterocycles. The average molecular weight is 377 g/mol. The summed E-state index contributed by atoms with van der Waals surface area (Å²) in [6.45, 7) is 3.59. The number of anilines is 1. The second kappa shape index (κ2) is 7.24. The summed E-state index contributed by atoms with van der Waals surface area (Å²) in [4.78, 5) is 29.4. The van der Waals surface area contributed by atoms with E-state index in [9.17, 15) is 4.79 Å². The van der Waals surface area contributed by atoms with Crippen molar-refractivity contribution in [2.24, 2.45) is 0 Å². The van der Waals surface area contributed by atoms with Gasteiger partial charge in [-0.1, -0.05) is 6.07 Å². The number of hydrogen-bond donors (Lipinski definition) is 1. The number of rotatable bonds is 3. The first-order valence-corrected chi connectivity index (χ1v) is 9.84. The van der Waals surface area contributed by atoms with Gasteiger partial charge in [0, 0.05) is 43.1 Å². The third-order valence-electron chi connectivity index (χ3n) is 5.54. The van der Waals surface area contributed by atoms with E-state index in [4.69, 9.17) is 9.72 Å². The fraction of sp³-hybridized carbons (Fsp3) is 0.381. The largest absolute Gasteiger partial charge is 0.368 e. The van der Waals surface area contributed by atoms with Crippen LogP contribution in [0.15, 0.2) is 42.7 Å². The first kappa shape index (κ1) is 17.2. The van der Waals surface area contributed by atoms with Gasteiger partial charge in [0.1, 0.15) is 6.10 Å². The van der Waals surface area contributed by atoms with Gasteiger partial charge < -0.3 is 19.5 Å². The van der Waals surface area contributed by atoms with Crippen LogP contribution in [0.2, 0.25) is 0 Å². The predicted molar refractivity (Wildman–Crippen MR) is 106 cm³/mol. The van der Waals surface area contributed by atoms with Crippen molar-refractivity contribution in [1.82, 2.24) is 19.9 Å². The monoisotopic (exact) mass is 377 g/mol. The van der Waals surface area contributed by atoms with Crippen molar-refractivity contribution >= 4 is 22.8 Å². The third-order valence-corrected chi connectivity index (χ3v) is 5.54. The lowest BCUT2D eigenvalue weighted by Gasteiger charge is -2.33. The minimum atomic E-state index is -0.226. The molecule has 5 rings (SSSR count). The zero-order valence-electron chi connectivity index (χ0n) is 15.7. The van der Waals surface area contributed by atoms with Crippen LogP contribution >= 0.6 is 0 Å². The minimum Gasteiger partial charge on any atom is -0.368 e. The Bertz CT molecular complexity index is 995. The van der Waals surface area contributed by atoms with Crippen LogP contribution in [0, 0.1) is 0 Å². The molecule has 0 radical (unpaired) electrons. The van der Waals surface area contributed by atoms with E-state index >= 15 is 0 Å². The minimum absolute atomic E-state index is 0.0265. The number of aromatic amines is 1. The molecule has 7 heteroatoms. The molecule has 2 fully saturated rings. The maximum absolute atomic E-state index is 13.0. The first-order chi connectivity index (χ1) is 13.8. The maximum atomic E-state index is 13.0. The van der Waals surface area contributed by atoms with E-state index in [1.807, 2.05) is 41.4 Å². The molecule has 1 amide bonds. The number of ether oxygens (including phenoxy) is 1. The number of amides is 1. The van der Waals surface area contributed by atoms with E-state index in [1.54, 1.807) is 6.20 Å². The topological polar surface area (TPSA) is 74.3 Å². The van der Waals surface area contributed by atoms with Crippen LogP contribution in [0.3, 0.4) is 0 Å². The number of nitrogens with one attached hydrogen (secondary N) is 1. The summed E-state index contributed by atoms with van der Waals surface area (Å²) in [5.74, 6) is 0.790. The van der Waals surface area contributed by atoms with Crippen molar-refractivity contribution in [2.45, 2.75) is 18.9 Å². The number of fused-ring (bicyclic) bond motifs is 1. The van der Waals surface area contributed by atoms with Crippen molar-refractivity contribution in [3.8, 4) is 0 Å². The smallest absolute Gasteiger partial charge is 0.254 e. The molecule has 0 saturated carbocycles. The van der Waals surface area contributed by atoms with Gasteiger partial charge in [-0.15, -0.1) is 0 Å². The van der Waals surface area contributed by atoms with Crippen LogP contribution in [-0.4, -0.2) is 58.5 Å². The number of morpholine rings is 1. The van der Waals surface area contributed by atoms with E-state index in [-0.39, 0.29) is 12.0 Å². The molecule has 4 heterocycles. The van der Waals surface area contributed by atoms with E-state index in [2.05, 4.69) is 14.9 Å². The van der Waals surface area contributed by atoms with Crippen molar-refractivity contribution in [2.75, 3.05) is 37.7 Å². The molecule has 0 aliphatic carbocycles. The highest BCUT2D eigenvalue weighted by Gasteiger charge is 2.28. The summed E-state index contributed by atoms with van der Waals surface area (Å²) in [5.41, 5.74) is 2.51. The molecule has 28 heavy (non-hydrogen) atoms. The highest BCUT2D eigenvalue weighted by atomic mass is 16.5. The average Bonchev–Trinajstić information content (AvgIpc) is 3.45. The Hall–Kier alpha value is -2.93. The Morgan fingerprint density at radius 3 is 2.93 bits per heavy atom. The van der Waals surface area contributed by atoms with Gasteiger partial charge in [-0.25, -0.2) is 9.97 Å². The Balaban J connectivity index is 1.34. The summed E-state index contributed by atoms with van der Waals surface area (Å²) >= 11 is 0. The van der Waals surface area contributed by atoms with Gasteiger partial charge in [-0.2, -0.15) is 0 Å². The number of aromatic nitrogens is 3. The number of nitrogens with zero attached hydrogens (tertiary/aromatic N) is 4. The second-order valence-corrected chi connectivity index (χ2v) is 7.37. The predicted octanol–water partition coefficient (Wildman–Crippen LogP) is 2.77. The van der Waals surface area contributed by atoms with Crippen LogP contribution in [-0.2, 0) is 4.74 Å². The molecule has 2 aromatic heterocycles. The van der Waals surface area contributed by atoms with E-state index in [0.29, 0.717) is 25.3 Å². The van der Waals surface area contributed by atoms with Gasteiger partial charge in [0.25, 0.3) is 5.91 Å². The summed E-state index contributed by atoms with van der Waals surface area (Å²) in [7, 11) is 0. The summed E-state index contributed by atoms with van der Waals surface area (Å²) in [6, 6.07) is 9.67. The van der Waals surface area contributed by atoms with Gasteiger partial charge in [0.05, 0.1) is 18.8 Å². The normalized spacial score (nSPS) is 20.1. The molecule has 1 aromatic carbocycles.